The lowest BCUT2D eigenvalue weighted by Crippen LogP contribution is -2.15. The molecule has 3 aromatic carbocycles. The molecule has 5 heteroatoms. The lowest BCUT2D eigenvalue weighted by atomic mass is 9.96. The van der Waals surface area contributed by atoms with Crippen LogP contribution in [0.1, 0.15) is 29.7 Å². The number of benzene rings is 3. The number of halogens is 3. The first-order valence-electron chi connectivity index (χ1n) is 8.22. The summed E-state index contributed by atoms with van der Waals surface area (Å²) in [5.41, 5.74) is 2.83. The second-order valence-electron chi connectivity index (χ2n) is 6.06. The van der Waals surface area contributed by atoms with Gasteiger partial charge in [0.25, 0.3) is 0 Å². The van der Waals surface area contributed by atoms with E-state index in [1.54, 1.807) is 0 Å². The van der Waals surface area contributed by atoms with Crippen molar-refractivity contribution in [2.24, 2.45) is 0 Å². The molecule has 2 nitrogen and oxygen atoms in total. The van der Waals surface area contributed by atoms with E-state index in [0.29, 0.717) is 16.5 Å². The molecule has 0 saturated carbocycles. The van der Waals surface area contributed by atoms with Gasteiger partial charge in [-0.05, 0) is 53.6 Å². The molecule has 0 bridgehead atoms. The van der Waals surface area contributed by atoms with E-state index in [4.69, 9.17) is 23.2 Å². The molecule has 0 aliphatic rings. The Hall–Kier alpha value is -1.52. The summed E-state index contributed by atoms with van der Waals surface area (Å²) in [4.78, 5) is 0. The predicted octanol–water partition coefficient (Wildman–Crippen LogP) is 7.03. The van der Waals surface area contributed by atoms with Crippen LogP contribution < -0.4 is 5.32 Å². The number of nitrogens with one attached hydrogen (secondary N) is 1. The Balaban J connectivity index is 1.84. The Morgan fingerprint density at radius 1 is 0.846 bits per heavy atom. The zero-order valence-electron chi connectivity index (χ0n) is 13.9. The number of anilines is 1. The van der Waals surface area contributed by atoms with Crippen molar-refractivity contribution >= 4 is 44.8 Å². The van der Waals surface area contributed by atoms with Gasteiger partial charge in [0.1, 0.15) is 0 Å². The summed E-state index contributed by atoms with van der Waals surface area (Å²) in [5.74, 6) is 0. The Kier molecular flexibility index (Phi) is 6.60. The maximum atomic E-state index is 10.7. The molecule has 3 rings (SSSR count). The second-order valence-corrected chi connectivity index (χ2v) is 7.85. The molecule has 0 amide bonds. The van der Waals surface area contributed by atoms with Crippen molar-refractivity contribution in [1.29, 1.82) is 0 Å². The Morgan fingerprint density at radius 2 is 1.50 bits per heavy atom. The van der Waals surface area contributed by atoms with E-state index in [1.807, 2.05) is 72.8 Å². The van der Waals surface area contributed by atoms with Crippen LogP contribution in [0.15, 0.2) is 77.3 Å². The zero-order chi connectivity index (χ0) is 18.5. The first-order valence-corrected chi connectivity index (χ1v) is 9.77. The lowest BCUT2D eigenvalue weighted by Gasteiger charge is -2.24. The van der Waals surface area contributed by atoms with Gasteiger partial charge in [-0.15, -0.1) is 0 Å². The topological polar surface area (TPSA) is 32.3 Å². The fraction of sp³-hybridized carbons (Fsp3) is 0.143. The van der Waals surface area contributed by atoms with Gasteiger partial charge in [0, 0.05) is 26.6 Å². The zero-order valence-corrected chi connectivity index (χ0v) is 17.0. The third-order valence-electron chi connectivity index (χ3n) is 4.15. The van der Waals surface area contributed by atoms with Crippen LogP contribution in [0.5, 0.6) is 0 Å². The van der Waals surface area contributed by atoms with Crippen molar-refractivity contribution < 1.29 is 5.11 Å². The molecule has 134 valence electrons. The quantitative estimate of drug-likeness (QED) is 0.422. The minimum Gasteiger partial charge on any atom is -0.388 e. The van der Waals surface area contributed by atoms with Crippen LogP contribution in [0, 0.1) is 0 Å². The van der Waals surface area contributed by atoms with Crippen molar-refractivity contribution in [1.82, 2.24) is 0 Å². The number of hydrogen-bond acceptors (Lipinski definition) is 2. The van der Waals surface area contributed by atoms with Crippen LogP contribution in [0.4, 0.5) is 5.69 Å². The lowest BCUT2D eigenvalue weighted by molar-refractivity contribution is 0.160. The van der Waals surface area contributed by atoms with Crippen LogP contribution >= 0.6 is 39.1 Å². The molecule has 0 aromatic heterocycles. The molecule has 2 unspecified atom stereocenters. The normalized spacial score (nSPS) is 13.2. The van der Waals surface area contributed by atoms with Gasteiger partial charge in [0.2, 0.25) is 0 Å². The van der Waals surface area contributed by atoms with Crippen molar-refractivity contribution in [3.8, 4) is 0 Å². The smallest absolute Gasteiger partial charge is 0.0813 e. The van der Waals surface area contributed by atoms with Crippen LogP contribution in [-0.4, -0.2) is 5.11 Å². The highest BCUT2D eigenvalue weighted by atomic mass is 79.9. The third-order valence-corrected chi connectivity index (χ3v) is 5.17. The number of aliphatic hydroxyl groups is 1. The average Bonchev–Trinajstić information content (AvgIpc) is 2.62. The Labute approximate surface area is 171 Å². The van der Waals surface area contributed by atoms with E-state index in [9.17, 15) is 5.11 Å². The van der Waals surface area contributed by atoms with Gasteiger partial charge < -0.3 is 10.4 Å². The highest BCUT2D eigenvalue weighted by Crippen LogP contribution is 2.31. The van der Waals surface area contributed by atoms with E-state index in [-0.39, 0.29) is 6.04 Å². The van der Waals surface area contributed by atoms with Gasteiger partial charge in [0.05, 0.1) is 12.1 Å². The van der Waals surface area contributed by atoms with Crippen LogP contribution in [0.2, 0.25) is 10.0 Å². The van der Waals surface area contributed by atoms with Gasteiger partial charge in [-0.25, -0.2) is 0 Å². The van der Waals surface area contributed by atoms with Gasteiger partial charge >= 0.3 is 0 Å². The molecule has 0 radical (unpaired) electrons. The second kappa shape index (κ2) is 8.92. The highest BCUT2D eigenvalue weighted by Gasteiger charge is 2.18. The molecule has 0 aliphatic heterocycles. The fourth-order valence-corrected chi connectivity index (χ4v) is 3.38. The van der Waals surface area contributed by atoms with E-state index >= 15 is 0 Å². The molecular formula is C21H18BrCl2NO. The SMILES string of the molecule is OC(CC(Nc1cccc(Cl)c1)c1ccc(Cl)cc1)c1ccc(Br)cc1. The monoisotopic (exact) mass is 449 g/mol. The largest absolute Gasteiger partial charge is 0.388 e. The molecule has 0 aliphatic carbocycles. The maximum absolute atomic E-state index is 10.7. The molecule has 2 N–H and O–H groups in total. The molecule has 0 saturated heterocycles. The maximum Gasteiger partial charge on any atom is 0.0813 e. The highest BCUT2D eigenvalue weighted by molar-refractivity contribution is 9.10. The van der Waals surface area contributed by atoms with Crippen LogP contribution in [0.25, 0.3) is 0 Å². The van der Waals surface area contributed by atoms with Gasteiger partial charge in [-0.3, -0.25) is 0 Å². The summed E-state index contributed by atoms with van der Waals surface area (Å²) in [5, 5.41) is 15.5. The molecule has 26 heavy (non-hydrogen) atoms. The average molecular weight is 451 g/mol. The van der Waals surface area contributed by atoms with Gasteiger partial charge in [-0.1, -0.05) is 69.5 Å². The minimum absolute atomic E-state index is 0.0932. The Bertz CT molecular complexity index is 853. The van der Waals surface area contributed by atoms with Crippen LogP contribution in [0.3, 0.4) is 0 Å². The molecule has 0 heterocycles. The third kappa shape index (κ3) is 5.24. The number of aliphatic hydroxyl groups excluding tert-OH is 1. The summed E-state index contributed by atoms with van der Waals surface area (Å²) in [6.07, 6.45) is -0.0917. The standard InChI is InChI=1S/C21H18BrCl2NO/c22-16-8-4-15(5-9-16)21(26)13-20(14-6-10-17(23)11-7-14)25-19-3-1-2-18(24)12-19/h1-12,20-21,25-26H,13H2. The summed E-state index contributed by atoms with van der Waals surface area (Å²) >= 11 is 15.5. The van der Waals surface area contributed by atoms with E-state index in [0.717, 1.165) is 21.3 Å². The van der Waals surface area contributed by atoms with E-state index < -0.39 is 6.10 Å². The van der Waals surface area contributed by atoms with E-state index in [1.165, 1.54) is 0 Å². The Morgan fingerprint density at radius 3 is 2.15 bits per heavy atom. The summed E-state index contributed by atoms with van der Waals surface area (Å²) < 4.78 is 0.986. The van der Waals surface area contributed by atoms with E-state index in [2.05, 4.69) is 21.2 Å². The number of hydrogen-bond donors (Lipinski definition) is 2. The first-order chi connectivity index (χ1) is 12.5. The molecule has 2 atom stereocenters. The van der Waals surface area contributed by atoms with Crippen molar-refractivity contribution in [2.75, 3.05) is 5.32 Å². The summed E-state index contributed by atoms with van der Waals surface area (Å²) in [6.45, 7) is 0. The number of rotatable bonds is 6. The molecule has 3 aromatic rings. The van der Waals surface area contributed by atoms with Crippen molar-refractivity contribution in [2.45, 2.75) is 18.6 Å². The first kappa shape index (κ1) is 19.2. The predicted molar refractivity (Wildman–Crippen MR) is 113 cm³/mol. The molecule has 0 spiro atoms. The molecular weight excluding hydrogens is 433 g/mol. The molecule has 0 fully saturated rings. The fourth-order valence-electron chi connectivity index (χ4n) is 2.80. The van der Waals surface area contributed by atoms with Crippen LogP contribution in [-0.2, 0) is 0 Å². The summed E-state index contributed by atoms with van der Waals surface area (Å²) in [6, 6.07) is 22.8. The summed E-state index contributed by atoms with van der Waals surface area (Å²) in [7, 11) is 0. The van der Waals surface area contributed by atoms with Gasteiger partial charge in [-0.2, -0.15) is 0 Å². The van der Waals surface area contributed by atoms with Crippen molar-refractivity contribution in [3.05, 3.63) is 98.4 Å². The minimum atomic E-state index is -0.601. The van der Waals surface area contributed by atoms with Gasteiger partial charge in [0.15, 0.2) is 0 Å². The van der Waals surface area contributed by atoms with Crippen molar-refractivity contribution in [3.63, 3.8) is 0 Å².